The molecule has 2 aromatic rings. The number of ether oxygens (including phenoxy) is 1. The molecule has 0 spiro atoms. The number of amides is 3. The summed E-state index contributed by atoms with van der Waals surface area (Å²) in [6, 6.07) is 11.7. The van der Waals surface area contributed by atoms with Crippen molar-refractivity contribution in [2.24, 2.45) is 0 Å². The van der Waals surface area contributed by atoms with E-state index in [1.54, 1.807) is 24.3 Å². The van der Waals surface area contributed by atoms with E-state index >= 15 is 0 Å². The minimum absolute atomic E-state index is 0.0571. The fourth-order valence-corrected chi connectivity index (χ4v) is 2.55. The van der Waals surface area contributed by atoms with Gasteiger partial charge in [0, 0.05) is 11.6 Å². The Morgan fingerprint density at radius 2 is 1.77 bits per heavy atom. The third-order valence-electron chi connectivity index (χ3n) is 4.20. The number of halogens is 1. The average molecular weight is 413 g/mol. The van der Waals surface area contributed by atoms with E-state index in [4.69, 9.17) is 4.74 Å². The summed E-state index contributed by atoms with van der Waals surface area (Å²) >= 11 is 0. The first kappa shape index (κ1) is 21.0. The lowest BCUT2D eigenvalue weighted by Gasteiger charge is -2.11. The topological polar surface area (TPSA) is 114 Å². The van der Waals surface area contributed by atoms with Crippen molar-refractivity contribution < 1.29 is 28.3 Å². The summed E-state index contributed by atoms with van der Waals surface area (Å²) in [6.45, 7) is -1.07. The van der Waals surface area contributed by atoms with Gasteiger partial charge in [-0.15, -0.1) is 0 Å². The molecule has 1 fully saturated rings. The van der Waals surface area contributed by atoms with Crippen LogP contribution in [0, 0.1) is 5.82 Å². The van der Waals surface area contributed by atoms with E-state index in [-0.39, 0.29) is 17.5 Å². The zero-order valence-corrected chi connectivity index (χ0v) is 15.9. The molecule has 1 saturated carbocycles. The summed E-state index contributed by atoms with van der Waals surface area (Å²) in [5, 5.41) is 7.65. The van der Waals surface area contributed by atoms with E-state index in [1.807, 2.05) is 0 Å². The second-order valence-corrected chi connectivity index (χ2v) is 6.70. The highest BCUT2D eigenvalue weighted by Crippen LogP contribution is 2.21. The summed E-state index contributed by atoms with van der Waals surface area (Å²) < 4.78 is 17.9. The molecule has 2 aromatic carbocycles. The predicted molar refractivity (Wildman–Crippen MR) is 105 cm³/mol. The van der Waals surface area contributed by atoms with Crippen LogP contribution in [0.25, 0.3) is 0 Å². The number of carbonyl (C=O) groups is 4. The minimum Gasteiger partial charge on any atom is -0.454 e. The molecule has 8 nitrogen and oxygen atoms in total. The Hall–Kier alpha value is -3.75. The van der Waals surface area contributed by atoms with Gasteiger partial charge in [0.2, 0.25) is 0 Å². The molecule has 30 heavy (non-hydrogen) atoms. The molecule has 156 valence electrons. The first-order valence-corrected chi connectivity index (χ1v) is 9.31. The number of carbonyl (C=O) groups excluding carboxylic acids is 4. The number of benzene rings is 2. The SMILES string of the molecule is O=C(COC(=O)CNC(=O)c1cccc(F)c1)Nc1ccccc1C(=O)NC1CC1. The number of hydrogen-bond donors (Lipinski definition) is 3. The van der Waals surface area contributed by atoms with Crippen molar-refractivity contribution in [1.82, 2.24) is 10.6 Å². The Kier molecular flexibility index (Phi) is 6.74. The van der Waals surface area contributed by atoms with E-state index in [1.165, 1.54) is 18.2 Å². The fraction of sp³-hybridized carbons (Fsp3) is 0.238. The molecule has 1 aliphatic carbocycles. The van der Waals surface area contributed by atoms with Gasteiger partial charge in [0.1, 0.15) is 12.4 Å². The quantitative estimate of drug-likeness (QED) is 0.570. The van der Waals surface area contributed by atoms with Crippen LogP contribution in [0.2, 0.25) is 0 Å². The van der Waals surface area contributed by atoms with Crippen molar-refractivity contribution in [3.63, 3.8) is 0 Å². The van der Waals surface area contributed by atoms with Crippen LogP contribution in [-0.4, -0.2) is 42.9 Å². The molecule has 9 heteroatoms. The van der Waals surface area contributed by atoms with Crippen molar-refractivity contribution in [3.05, 3.63) is 65.5 Å². The van der Waals surface area contributed by atoms with Gasteiger partial charge in [0.25, 0.3) is 17.7 Å². The van der Waals surface area contributed by atoms with Crippen molar-refractivity contribution >= 4 is 29.4 Å². The monoisotopic (exact) mass is 413 g/mol. The zero-order valence-electron chi connectivity index (χ0n) is 15.9. The van der Waals surface area contributed by atoms with Crippen LogP contribution < -0.4 is 16.0 Å². The third-order valence-corrected chi connectivity index (χ3v) is 4.20. The maximum absolute atomic E-state index is 13.1. The van der Waals surface area contributed by atoms with E-state index in [2.05, 4.69) is 16.0 Å². The molecule has 3 N–H and O–H groups in total. The lowest BCUT2D eigenvalue weighted by Crippen LogP contribution is -2.32. The van der Waals surface area contributed by atoms with E-state index in [0.29, 0.717) is 11.3 Å². The van der Waals surface area contributed by atoms with Crippen molar-refractivity contribution in [2.75, 3.05) is 18.5 Å². The van der Waals surface area contributed by atoms with Crippen molar-refractivity contribution in [3.8, 4) is 0 Å². The highest BCUT2D eigenvalue weighted by molar-refractivity contribution is 6.04. The van der Waals surface area contributed by atoms with E-state index < -0.39 is 36.8 Å². The smallest absolute Gasteiger partial charge is 0.325 e. The lowest BCUT2D eigenvalue weighted by atomic mass is 10.1. The van der Waals surface area contributed by atoms with Crippen LogP contribution in [-0.2, 0) is 14.3 Å². The second kappa shape index (κ2) is 9.64. The van der Waals surface area contributed by atoms with Gasteiger partial charge in [-0.1, -0.05) is 18.2 Å². The minimum atomic E-state index is -0.838. The maximum Gasteiger partial charge on any atom is 0.325 e. The summed E-state index contributed by atoms with van der Waals surface area (Å²) in [7, 11) is 0. The summed E-state index contributed by atoms with van der Waals surface area (Å²) in [5.74, 6) is -2.98. The van der Waals surface area contributed by atoms with Gasteiger partial charge in [-0.2, -0.15) is 0 Å². The summed E-state index contributed by atoms with van der Waals surface area (Å²) in [6.07, 6.45) is 1.87. The van der Waals surface area contributed by atoms with Crippen LogP contribution in [0.3, 0.4) is 0 Å². The summed E-state index contributed by atoms with van der Waals surface area (Å²) in [4.78, 5) is 47.9. The van der Waals surface area contributed by atoms with Gasteiger partial charge in [0.05, 0.1) is 11.3 Å². The predicted octanol–water partition coefficient (Wildman–Crippen LogP) is 1.63. The van der Waals surface area contributed by atoms with Crippen LogP contribution in [0.1, 0.15) is 33.6 Å². The van der Waals surface area contributed by atoms with E-state index in [9.17, 15) is 23.6 Å². The van der Waals surface area contributed by atoms with Crippen LogP contribution in [0.15, 0.2) is 48.5 Å². The van der Waals surface area contributed by atoms with Crippen LogP contribution in [0.5, 0.6) is 0 Å². The molecule has 0 heterocycles. The normalized spacial score (nSPS) is 12.6. The van der Waals surface area contributed by atoms with Gasteiger partial charge >= 0.3 is 5.97 Å². The van der Waals surface area contributed by atoms with Gasteiger partial charge in [-0.25, -0.2) is 4.39 Å². The molecule has 1 aliphatic rings. The molecule has 3 rings (SSSR count). The zero-order chi connectivity index (χ0) is 21.5. The number of para-hydroxylation sites is 1. The molecule has 0 atom stereocenters. The molecule has 0 radical (unpaired) electrons. The number of nitrogens with one attached hydrogen (secondary N) is 3. The third kappa shape index (κ3) is 6.13. The molecule has 3 amide bonds. The number of rotatable bonds is 8. The number of anilines is 1. The molecule has 0 unspecified atom stereocenters. The second-order valence-electron chi connectivity index (χ2n) is 6.70. The van der Waals surface area contributed by atoms with Crippen LogP contribution in [0.4, 0.5) is 10.1 Å². The van der Waals surface area contributed by atoms with Crippen LogP contribution >= 0.6 is 0 Å². The molecule has 0 aromatic heterocycles. The Labute approximate surface area is 171 Å². The summed E-state index contributed by atoms with van der Waals surface area (Å²) in [5.41, 5.74) is 0.671. The molecule has 0 bridgehead atoms. The first-order chi connectivity index (χ1) is 14.4. The Bertz CT molecular complexity index is 975. The largest absolute Gasteiger partial charge is 0.454 e. The van der Waals surface area contributed by atoms with Gasteiger partial charge in [0.15, 0.2) is 6.61 Å². The Morgan fingerprint density at radius 1 is 1.00 bits per heavy atom. The lowest BCUT2D eigenvalue weighted by molar-refractivity contribution is -0.146. The van der Waals surface area contributed by atoms with Crippen molar-refractivity contribution in [1.29, 1.82) is 0 Å². The standard InChI is InChI=1S/C21H20FN3O5/c22-14-5-3-4-13(10-14)20(28)23-11-19(27)30-12-18(26)25-17-7-2-1-6-16(17)21(29)24-15-8-9-15/h1-7,10,15H,8-9,11-12H2,(H,23,28)(H,24,29)(H,25,26). The van der Waals surface area contributed by atoms with E-state index in [0.717, 1.165) is 18.9 Å². The highest BCUT2D eigenvalue weighted by Gasteiger charge is 2.25. The molecule has 0 saturated heterocycles. The average Bonchev–Trinajstić information content (AvgIpc) is 3.54. The Morgan fingerprint density at radius 3 is 2.50 bits per heavy atom. The molecular weight excluding hydrogens is 393 g/mol. The highest BCUT2D eigenvalue weighted by atomic mass is 19.1. The fourth-order valence-electron chi connectivity index (χ4n) is 2.55. The van der Waals surface area contributed by atoms with Crippen molar-refractivity contribution in [2.45, 2.75) is 18.9 Å². The number of esters is 1. The molecular formula is C21H20FN3O5. The maximum atomic E-state index is 13.1. The number of hydrogen-bond acceptors (Lipinski definition) is 5. The first-order valence-electron chi connectivity index (χ1n) is 9.31. The Balaban J connectivity index is 1.45. The van der Waals surface area contributed by atoms with Gasteiger partial charge < -0.3 is 20.7 Å². The van der Waals surface area contributed by atoms with Gasteiger partial charge in [-0.3, -0.25) is 19.2 Å². The van der Waals surface area contributed by atoms with Gasteiger partial charge in [-0.05, 0) is 43.2 Å². The molecule has 0 aliphatic heterocycles.